The first kappa shape index (κ1) is 21.6. The summed E-state index contributed by atoms with van der Waals surface area (Å²) in [5.41, 5.74) is 1.50. The number of carbonyl (C=O) groups excluding carboxylic acids is 1. The Labute approximate surface area is 169 Å². The van der Waals surface area contributed by atoms with Crippen molar-refractivity contribution in [3.63, 3.8) is 0 Å². The van der Waals surface area contributed by atoms with Crippen molar-refractivity contribution in [1.82, 2.24) is 10.2 Å². The van der Waals surface area contributed by atoms with E-state index in [1.165, 1.54) is 13.0 Å². The highest BCUT2D eigenvalue weighted by atomic mass is 32.1. The molecule has 8 nitrogen and oxygen atoms in total. The van der Waals surface area contributed by atoms with Gasteiger partial charge in [-0.15, -0.1) is 0 Å². The van der Waals surface area contributed by atoms with Gasteiger partial charge in [-0.25, -0.2) is 0 Å². The number of ether oxygens (including phenoxy) is 2. The molecule has 2 rings (SSSR count). The number of carbonyl (C=O) groups is 1. The second-order valence-electron chi connectivity index (χ2n) is 6.40. The van der Waals surface area contributed by atoms with Crippen LogP contribution in [0.3, 0.4) is 0 Å². The summed E-state index contributed by atoms with van der Waals surface area (Å²) in [6.07, 6.45) is 0.700. The number of allylic oxidation sites excluding steroid dienone is 1. The van der Waals surface area contributed by atoms with Crippen molar-refractivity contribution >= 4 is 28.8 Å². The van der Waals surface area contributed by atoms with Crippen molar-refractivity contribution in [2.75, 3.05) is 20.3 Å². The highest BCUT2D eigenvalue weighted by Crippen LogP contribution is 2.42. The van der Waals surface area contributed by atoms with Crippen molar-refractivity contribution in [2.45, 2.75) is 40.2 Å². The molecular formula is C19H25N3O5S. The van der Waals surface area contributed by atoms with Gasteiger partial charge in [0.1, 0.15) is 0 Å². The highest BCUT2D eigenvalue weighted by Gasteiger charge is 2.33. The number of rotatable bonds is 8. The van der Waals surface area contributed by atoms with Gasteiger partial charge in [0.05, 0.1) is 24.2 Å². The smallest absolute Gasteiger partial charge is 0.315 e. The van der Waals surface area contributed by atoms with Crippen molar-refractivity contribution < 1.29 is 19.2 Å². The van der Waals surface area contributed by atoms with Gasteiger partial charge in [-0.05, 0) is 51.0 Å². The molecule has 28 heavy (non-hydrogen) atoms. The minimum absolute atomic E-state index is 0.0954. The third-order valence-electron chi connectivity index (χ3n) is 4.47. The molecule has 0 saturated carbocycles. The summed E-state index contributed by atoms with van der Waals surface area (Å²) in [7, 11) is 1.76. The lowest BCUT2D eigenvalue weighted by Gasteiger charge is -2.35. The zero-order valence-corrected chi connectivity index (χ0v) is 17.5. The van der Waals surface area contributed by atoms with E-state index in [1.807, 2.05) is 6.92 Å². The fraction of sp³-hybridized carbons (Fsp3) is 0.474. The zero-order chi connectivity index (χ0) is 21.0. The number of thiocarbonyl (C=S) groups is 1. The first-order valence-electron chi connectivity index (χ1n) is 9.06. The van der Waals surface area contributed by atoms with Gasteiger partial charge >= 0.3 is 5.69 Å². The maximum absolute atomic E-state index is 12.3. The quantitative estimate of drug-likeness (QED) is 0.397. The van der Waals surface area contributed by atoms with E-state index in [-0.39, 0.29) is 23.0 Å². The Morgan fingerprint density at radius 2 is 2.04 bits per heavy atom. The number of nitrogens with one attached hydrogen (secondary N) is 1. The van der Waals surface area contributed by atoms with Crippen LogP contribution in [0.1, 0.15) is 45.7 Å². The molecule has 0 saturated heterocycles. The summed E-state index contributed by atoms with van der Waals surface area (Å²) < 4.78 is 11.2. The Morgan fingerprint density at radius 1 is 1.36 bits per heavy atom. The number of hydrogen-bond donors (Lipinski definition) is 1. The van der Waals surface area contributed by atoms with Crippen molar-refractivity contribution in [3.05, 3.63) is 39.1 Å². The standard InChI is InChI=1S/C19H25N3O5S/c1-6-8-27-18-14(22(24)25)9-13(10-15(18)26-7-2)17-16(12(4)23)11(3)21(5)19(28)20-17/h9-10,17H,6-8H2,1-5H3,(H,20,28). The molecule has 0 aromatic heterocycles. The molecule has 0 amide bonds. The minimum Gasteiger partial charge on any atom is -0.490 e. The van der Waals surface area contributed by atoms with E-state index in [2.05, 4.69) is 5.32 Å². The van der Waals surface area contributed by atoms with Crippen LogP contribution in [0.15, 0.2) is 23.4 Å². The lowest BCUT2D eigenvalue weighted by atomic mass is 9.92. The van der Waals surface area contributed by atoms with Crippen LogP contribution in [-0.2, 0) is 4.79 Å². The Bertz CT molecular complexity index is 837. The van der Waals surface area contributed by atoms with E-state index >= 15 is 0 Å². The number of benzene rings is 1. The zero-order valence-electron chi connectivity index (χ0n) is 16.7. The topological polar surface area (TPSA) is 93.9 Å². The third kappa shape index (κ3) is 4.24. The molecule has 1 unspecified atom stereocenters. The van der Waals surface area contributed by atoms with E-state index in [4.69, 9.17) is 21.7 Å². The lowest BCUT2D eigenvalue weighted by molar-refractivity contribution is -0.386. The summed E-state index contributed by atoms with van der Waals surface area (Å²) in [6, 6.07) is 2.47. The van der Waals surface area contributed by atoms with Gasteiger partial charge in [-0.3, -0.25) is 14.9 Å². The molecule has 1 aliphatic heterocycles. The van der Waals surface area contributed by atoms with Gasteiger partial charge in [0.25, 0.3) is 0 Å². The number of nitrogens with zero attached hydrogens (tertiary/aromatic N) is 2. The number of Topliss-reactive ketones (excluding diaryl/α,β-unsaturated/α-hetero) is 1. The van der Waals surface area contributed by atoms with Crippen LogP contribution in [-0.4, -0.2) is 41.0 Å². The molecule has 0 fully saturated rings. The molecule has 1 heterocycles. The van der Waals surface area contributed by atoms with Gasteiger partial charge in [-0.2, -0.15) is 0 Å². The summed E-state index contributed by atoms with van der Waals surface area (Å²) in [4.78, 5) is 25.2. The van der Waals surface area contributed by atoms with Gasteiger partial charge in [0, 0.05) is 24.4 Å². The fourth-order valence-electron chi connectivity index (χ4n) is 3.06. The molecule has 1 aromatic carbocycles. The predicted octanol–water partition coefficient (Wildman–Crippen LogP) is 3.51. The summed E-state index contributed by atoms with van der Waals surface area (Å²) >= 11 is 5.35. The Hall–Kier alpha value is -2.68. The summed E-state index contributed by atoms with van der Waals surface area (Å²) in [6.45, 7) is 7.61. The van der Waals surface area contributed by atoms with Crippen molar-refractivity contribution in [2.24, 2.45) is 0 Å². The molecule has 0 aliphatic carbocycles. The molecule has 1 N–H and O–H groups in total. The maximum Gasteiger partial charge on any atom is 0.315 e. The molecular weight excluding hydrogens is 382 g/mol. The minimum atomic E-state index is -0.612. The first-order valence-corrected chi connectivity index (χ1v) is 9.47. The average molecular weight is 407 g/mol. The van der Waals surface area contributed by atoms with Gasteiger partial charge in [0.15, 0.2) is 16.6 Å². The van der Waals surface area contributed by atoms with Crippen molar-refractivity contribution in [1.29, 1.82) is 0 Å². The molecule has 152 valence electrons. The predicted molar refractivity (Wildman–Crippen MR) is 110 cm³/mol. The van der Waals surface area contributed by atoms with E-state index in [1.54, 1.807) is 31.9 Å². The summed E-state index contributed by atoms with van der Waals surface area (Å²) in [5.74, 6) is 0.224. The Morgan fingerprint density at radius 3 is 2.57 bits per heavy atom. The number of hydrogen-bond acceptors (Lipinski definition) is 6. The molecule has 9 heteroatoms. The second kappa shape index (κ2) is 9.01. The molecule has 1 atom stereocenters. The normalized spacial score (nSPS) is 16.7. The van der Waals surface area contributed by atoms with Crippen LogP contribution in [0.5, 0.6) is 11.5 Å². The van der Waals surface area contributed by atoms with Crippen LogP contribution in [0.25, 0.3) is 0 Å². The van der Waals surface area contributed by atoms with Gasteiger partial charge in [0.2, 0.25) is 5.75 Å². The average Bonchev–Trinajstić information content (AvgIpc) is 2.63. The molecule has 0 bridgehead atoms. The SMILES string of the molecule is CCCOc1c(OCC)cc(C2NC(=S)N(C)C(C)=C2C(C)=O)cc1[N+](=O)[O-]. The number of nitro groups is 1. The molecule has 0 spiro atoms. The van der Waals surface area contributed by atoms with Crippen LogP contribution < -0.4 is 14.8 Å². The van der Waals surface area contributed by atoms with Gasteiger partial charge in [-0.1, -0.05) is 6.92 Å². The first-order chi connectivity index (χ1) is 13.2. The maximum atomic E-state index is 12.3. The van der Waals surface area contributed by atoms with Crippen molar-refractivity contribution in [3.8, 4) is 11.5 Å². The number of nitro benzene ring substituents is 1. The Kier molecular flexibility index (Phi) is 6.95. The van der Waals surface area contributed by atoms with E-state index < -0.39 is 11.0 Å². The second-order valence-corrected chi connectivity index (χ2v) is 6.79. The van der Waals surface area contributed by atoms with E-state index in [0.29, 0.717) is 41.6 Å². The molecule has 1 aromatic rings. The molecule has 1 aliphatic rings. The van der Waals surface area contributed by atoms with Crippen LogP contribution in [0.4, 0.5) is 5.69 Å². The fourth-order valence-corrected chi connectivity index (χ4v) is 3.32. The van der Waals surface area contributed by atoms with E-state index in [9.17, 15) is 14.9 Å². The number of ketones is 1. The monoisotopic (exact) mass is 407 g/mol. The van der Waals surface area contributed by atoms with E-state index in [0.717, 1.165) is 0 Å². The summed E-state index contributed by atoms with van der Waals surface area (Å²) in [5, 5.41) is 15.2. The highest BCUT2D eigenvalue weighted by molar-refractivity contribution is 7.80. The molecule has 0 radical (unpaired) electrons. The third-order valence-corrected chi connectivity index (χ3v) is 4.86. The van der Waals surface area contributed by atoms with Crippen LogP contribution in [0.2, 0.25) is 0 Å². The van der Waals surface area contributed by atoms with Gasteiger partial charge < -0.3 is 19.7 Å². The van der Waals surface area contributed by atoms with Crippen LogP contribution >= 0.6 is 12.2 Å². The Balaban J connectivity index is 2.68. The lowest BCUT2D eigenvalue weighted by Crippen LogP contribution is -2.45. The largest absolute Gasteiger partial charge is 0.490 e. The van der Waals surface area contributed by atoms with Crippen LogP contribution in [0, 0.1) is 10.1 Å².